The molecule has 9 heteroatoms. The lowest BCUT2D eigenvalue weighted by Gasteiger charge is -2.28. The van der Waals surface area contributed by atoms with Gasteiger partial charge in [0.05, 0.1) is 4.92 Å². The molecule has 0 bridgehead atoms. The zero-order valence-electron chi connectivity index (χ0n) is 9.63. The van der Waals surface area contributed by atoms with E-state index in [2.05, 4.69) is 29.6 Å². The first-order valence-electron chi connectivity index (χ1n) is 5.56. The Bertz CT molecular complexity index is 455. The highest BCUT2D eigenvalue weighted by Gasteiger charge is 2.25. The quantitative estimate of drug-likeness (QED) is 0.467. The van der Waals surface area contributed by atoms with Crippen LogP contribution in [0.2, 0.25) is 0 Å². The maximum absolute atomic E-state index is 11.9. The van der Waals surface area contributed by atoms with Crippen LogP contribution in [-0.4, -0.2) is 44.8 Å². The van der Waals surface area contributed by atoms with Crippen molar-refractivity contribution in [3.8, 4) is 0 Å². The number of piperidine rings is 1. The van der Waals surface area contributed by atoms with E-state index >= 15 is 0 Å². The lowest BCUT2D eigenvalue weighted by atomic mass is 10.1. The third kappa shape index (κ3) is 2.83. The molecule has 2 N–H and O–H groups in total. The van der Waals surface area contributed by atoms with Crippen LogP contribution in [0, 0.1) is 10.1 Å². The largest absolute Gasteiger partial charge is 0.348 e. The zero-order chi connectivity index (χ0) is 13.1. The van der Waals surface area contributed by atoms with E-state index in [0.717, 1.165) is 32.1 Å². The minimum atomic E-state index is -0.621. The Hall–Kier alpha value is -1.53. The van der Waals surface area contributed by atoms with Gasteiger partial charge in [0.2, 0.25) is 5.69 Å². The Morgan fingerprint density at radius 2 is 2.28 bits per heavy atom. The average molecular weight is 271 g/mol. The Balaban J connectivity index is 1.99. The second-order valence-electron chi connectivity index (χ2n) is 4.17. The number of nitrogens with one attached hydrogen (secondary N) is 2. The zero-order valence-corrected chi connectivity index (χ0v) is 10.8. The van der Waals surface area contributed by atoms with Crippen molar-refractivity contribution in [2.45, 2.75) is 18.9 Å². The van der Waals surface area contributed by atoms with E-state index in [1.807, 2.05) is 0 Å². The molecule has 0 aliphatic carbocycles. The van der Waals surface area contributed by atoms with Crippen molar-refractivity contribution in [1.29, 1.82) is 0 Å². The van der Waals surface area contributed by atoms with Gasteiger partial charge in [0.15, 0.2) is 0 Å². The van der Waals surface area contributed by atoms with Gasteiger partial charge >= 0.3 is 5.69 Å². The molecule has 1 aliphatic heterocycles. The highest BCUT2D eigenvalue weighted by Crippen LogP contribution is 2.17. The molecule has 1 atom stereocenters. The summed E-state index contributed by atoms with van der Waals surface area (Å²) in [6.45, 7) is 1.75. The number of hydrogen-bond donors (Lipinski definition) is 2. The summed E-state index contributed by atoms with van der Waals surface area (Å²) in [5.74, 6) is -0.471. The lowest BCUT2D eigenvalue weighted by Crippen LogP contribution is -2.42. The van der Waals surface area contributed by atoms with Crippen molar-refractivity contribution in [2.24, 2.45) is 0 Å². The molecule has 1 aromatic heterocycles. The number of carbonyl (C=O) groups excluding carboxylic acids is 1. The van der Waals surface area contributed by atoms with Crippen LogP contribution in [-0.2, 0) is 0 Å². The first-order valence-corrected chi connectivity index (χ1v) is 6.08. The second kappa shape index (κ2) is 5.41. The Kier molecular flexibility index (Phi) is 3.88. The van der Waals surface area contributed by atoms with Gasteiger partial charge in [0.25, 0.3) is 5.91 Å². The topological polar surface area (TPSA) is 104 Å². The summed E-state index contributed by atoms with van der Waals surface area (Å²) in [5, 5.41) is 19.4. The van der Waals surface area contributed by atoms with Crippen molar-refractivity contribution in [3.05, 3.63) is 22.0 Å². The van der Waals surface area contributed by atoms with Gasteiger partial charge in [0, 0.05) is 19.1 Å². The van der Waals surface area contributed by atoms with E-state index in [9.17, 15) is 14.9 Å². The number of rotatable bonds is 3. The SMILES string of the molecule is O=C(NC1CCN(P)CC1)c1[nH]ncc1[N+](=O)[O-]. The number of H-pyrrole nitrogens is 1. The van der Waals surface area contributed by atoms with Crippen LogP contribution in [0.3, 0.4) is 0 Å². The van der Waals surface area contributed by atoms with Gasteiger partial charge in [-0.05, 0) is 12.8 Å². The van der Waals surface area contributed by atoms with Gasteiger partial charge in [-0.15, -0.1) is 0 Å². The summed E-state index contributed by atoms with van der Waals surface area (Å²) < 4.78 is 2.10. The van der Waals surface area contributed by atoms with Crippen molar-refractivity contribution >= 4 is 21.0 Å². The summed E-state index contributed by atoms with van der Waals surface area (Å²) in [6, 6.07) is 0.0530. The standard InChI is InChI=1S/C9H14N5O3P/c15-9(8-7(14(16)17)5-10-12-8)11-6-1-3-13(18)4-2-6/h5-6H,1-4,18H2,(H,10,12)(H,11,15). The molecule has 1 saturated heterocycles. The maximum Gasteiger partial charge on any atom is 0.319 e. The summed E-state index contributed by atoms with van der Waals surface area (Å²) in [5.41, 5.74) is -0.385. The van der Waals surface area contributed by atoms with Crippen LogP contribution in [0.25, 0.3) is 0 Å². The van der Waals surface area contributed by atoms with Gasteiger partial charge in [-0.3, -0.25) is 24.7 Å². The molecular weight excluding hydrogens is 257 g/mol. The molecule has 8 nitrogen and oxygen atoms in total. The van der Waals surface area contributed by atoms with Gasteiger partial charge in [-0.2, -0.15) is 5.10 Å². The summed E-state index contributed by atoms with van der Waals surface area (Å²) in [4.78, 5) is 21.9. The molecule has 1 fully saturated rings. The van der Waals surface area contributed by atoms with Gasteiger partial charge in [-0.1, -0.05) is 9.39 Å². The molecule has 98 valence electrons. The van der Waals surface area contributed by atoms with E-state index < -0.39 is 10.8 Å². The summed E-state index contributed by atoms with van der Waals surface area (Å²) in [7, 11) is 2.62. The van der Waals surface area contributed by atoms with E-state index in [-0.39, 0.29) is 17.4 Å². The van der Waals surface area contributed by atoms with Crippen molar-refractivity contribution in [2.75, 3.05) is 13.1 Å². The second-order valence-corrected chi connectivity index (χ2v) is 4.90. The van der Waals surface area contributed by atoms with Gasteiger partial charge < -0.3 is 5.32 Å². The number of hydrogen-bond acceptors (Lipinski definition) is 5. The molecule has 2 rings (SSSR count). The van der Waals surface area contributed by atoms with Crippen LogP contribution in [0.1, 0.15) is 23.3 Å². The van der Waals surface area contributed by atoms with Gasteiger partial charge in [0.1, 0.15) is 6.20 Å². The van der Waals surface area contributed by atoms with Crippen LogP contribution >= 0.6 is 9.39 Å². The normalized spacial score (nSPS) is 17.6. The monoisotopic (exact) mass is 271 g/mol. The van der Waals surface area contributed by atoms with Crippen LogP contribution < -0.4 is 5.32 Å². The fourth-order valence-electron chi connectivity index (χ4n) is 1.89. The molecule has 1 unspecified atom stereocenters. The number of aromatic amines is 1. The first-order chi connectivity index (χ1) is 8.58. The fourth-order valence-corrected chi connectivity index (χ4v) is 2.18. The number of aromatic nitrogens is 2. The predicted octanol–water partition coefficient (Wildman–Crippen LogP) is 0.302. The van der Waals surface area contributed by atoms with E-state index in [1.165, 1.54) is 0 Å². The molecular formula is C9H14N5O3P. The van der Waals surface area contributed by atoms with Crippen LogP contribution in [0.5, 0.6) is 0 Å². The molecule has 0 radical (unpaired) electrons. The van der Waals surface area contributed by atoms with Crippen LogP contribution in [0.4, 0.5) is 5.69 Å². The third-order valence-electron chi connectivity index (χ3n) is 2.91. The summed E-state index contributed by atoms with van der Waals surface area (Å²) >= 11 is 0. The highest BCUT2D eigenvalue weighted by atomic mass is 31.0. The molecule has 1 amide bonds. The Morgan fingerprint density at radius 3 is 2.89 bits per heavy atom. The number of nitro groups is 1. The molecule has 0 spiro atoms. The number of nitrogens with zero attached hydrogens (tertiary/aromatic N) is 3. The molecule has 1 aliphatic rings. The fraction of sp³-hybridized carbons (Fsp3) is 0.556. The molecule has 18 heavy (non-hydrogen) atoms. The molecule has 0 aromatic carbocycles. The smallest absolute Gasteiger partial charge is 0.319 e. The number of carbonyl (C=O) groups is 1. The minimum Gasteiger partial charge on any atom is -0.348 e. The molecule has 0 saturated carbocycles. The van der Waals surface area contributed by atoms with Crippen molar-refractivity contribution in [3.63, 3.8) is 0 Å². The first kappa shape index (κ1) is 12.9. The third-order valence-corrected chi connectivity index (χ3v) is 3.42. The molecule has 1 aromatic rings. The Morgan fingerprint density at radius 1 is 1.61 bits per heavy atom. The van der Waals surface area contributed by atoms with Crippen molar-refractivity contribution < 1.29 is 9.72 Å². The van der Waals surface area contributed by atoms with Crippen molar-refractivity contribution in [1.82, 2.24) is 20.2 Å². The van der Waals surface area contributed by atoms with E-state index in [1.54, 1.807) is 0 Å². The van der Waals surface area contributed by atoms with E-state index in [0.29, 0.717) is 0 Å². The molecule has 2 heterocycles. The minimum absolute atomic E-state index is 0.0530. The average Bonchev–Trinajstić information content (AvgIpc) is 2.81. The highest BCUT2D eigenvalue weighted by molar-refractivity contribution is 7.13. The Labute approximate surface area is 106 Å². The van der Waals surface area contributed by atoms with Gasteiger partial charge in [-0.25, -0.2) is 0 Å². The maximum atomic E-state index is 11.9. The lowest BCUT2D eigenvalue weighted by molar-refractivity contribution is -0.385. The van der Waals surface area contributed by atoms with Crippen LogP contribution in [0.15, 0.2) is 6.20 Å². The predicted molar refractivity (Wildman–Crippen MR) is 67.0 cm³/mol. The number of amides is 1. The van der Waals surface area contributed by atoms with E-state index in [4.69, 9.17) is 0 Å². The summed E-state index contributed by atoms with van der Waals surface area (Å²) in [6.07, 6.45) is 2.70.